The molecule has 0 radical (unpaired) electrons. The Hall–Kier alpha value is -4.11. The standard InChI is InChI=1S/C29H26FN5O4S/c30-23-12-19(14-31)4-5-21(23)17-38-27-3-1-2-24(33-27)20-6-9-34(10-7-20)16-26-32-25-13-28(39-18-36)40-29(25)35(26)15-22-8-11-37-22/h1-6,12-13,18,22H,7-11,15-17H2/t22-/m0/s1. The van der Waals surface area contributed by atoms with E-state index in [9.17, 15) is 9.18 Å². The third kappa shape index (κ3) is 5.60. The van der Waals surface area contributed by atoms with Gasteiger partial charge in [0.15, 0.2) is 5.06 Å². The fourth-order valence-corrected chi connectivity index (χ4v) is 5.78. The van der Waals surface area contributed by atoms with Crippen molar-refractivity contribution in [2.45, 2.75) is 38.6 Å². The number of aromatic nitrogens is 3. The topological polar surface area (TPSA) is 102 Å². The molecular weight excluding hydrogens is 533 g/mol. The van der Waals surface area contributed by atoms with Gasteiger partial charge in [-0.3, -0.25) is 9.69 Å². The molecule has 1 saturated heterocycles. The van der Waals surface area contributed by atoms with Crippen LogP contribution in [0.5, 0.6) is 10.9 Å². The first kappa shape index (κ1) is 26.1. The number of hydrogen-bond donors (Lipinski definition) is 0. The van der Waals surface area contributed by atoms with Gasteiger partial charge in [-0.05, 0) is 36.6 Å². The molecule has 1 aromatic carbocycles. The van der Waals surface area contributed by atoms with Gasteiger partial charge in [0.25, 0.3) is 6.47 Å². The predicted octanol–water partition coefficient (Wildman–Crippen LogP) is 4.70. The molecule has 0 amide bonds. The van der Waals surface area contributed by atoms with Gasteiger partial charge >= 0.3 is 0 Å². The van der Waals surface area contributed by atoms with Gasteiger partial charge in [0.05, 0.1) is 36.5 Å². The SMILES string of the molecule is N#Cc1ccc(COc2cccc(C3=CCN(Cc4nc5cc(OC=O)sc5n4C[C@@H]4CCO4)CC3)n2)c(F)c1. The van der Waals surface area contributed by atoms with Gasteiger partial charge in [0.2, 0.25) is 5.88 Å². The monoisotopic (exact) mass is 559 g/mol. The van der Waals surface area contributed by atoms with E-state index < -0.39 is 5.82 Å². The van der Waals surface area contributed by atoms with Crippen LogP contribution in [0.15, 0.2) is 48.5 Å². The molecule has 40 heavy (non-hydrogen) atoms. The number of nitrogens with zero attached hydrogens (tertiary/aromatic N) is 5. The number of pyridine rings is 1. The first-order valence-corrected chi connectivity index (χ1v) is 13.8. The lowest BCUT2D eigenvalue weighted by atomic mass is 10.0. The van der Waals surface area contributed by atoms with Crippen molar-refractivity contribution >= 4 is 33.7 Å². The molecule has 0 unspecified atom stereocenters. The minimum atomic E-state index is -0.472. The summed E-state index contributed by atoms with van der Waals surface area (Å²) in [7, 11) is 0. The van der Waals surface area contributed by atoms with E-state index in [1.54, 1.807) is 24.3 Å². The molecule has 0 spiro atoms. The first-order chi connectivity index (χ1) is 19.6. The van der Waals surface area contributed by atoms with Crippen LogP contribution in [0, 0.1) is 17.1 Å². The number of fused-ring (bicyclic) bond motifs is 1. The normalized spacial score (nSPS) is 17.2. The molecule has 4 aromatic rings. The van der Waals surface area contributed by atoms with Crippen molar-refractivity contribution in [1.82, 2.24) is 19.4 Å². The largest absolute Gasteiger partial charge is 0.473 e. The molecule has 204 valence electrons. The quantitative estimate of drug-likeness (QED) is 0.258. The average Bonchev–Trinajstić information content (AvgIpc) is 3.47. The molecule has 2 aliphatic heterocycles. The van der Waals surface area contributed by atoms with Gasteiger partial charge in [-0.25, -0.2) is 14.4 Å². The van der Waals surface area contributed by atoms with Crippen LogP contribution < -0.4 is 9.47 Å². The van der Waals surface area contributed by atoms with Crippen LogP contribution in [0.4, 0.5) is 4.39 Å². The summed E-state index contributed by atoms with van der Waals surface area (Å²) in [6.07, 6.45) is 4.20. The lowest BCUT2D eigenvalue weighted by Crippen LogP contribution is -2.33. The lowest BCUT2D eigenvalue weighted by Gasteiger charge is -2.29. The highest BCUT2D eigenvalue weighted by molar-refractivity contribution is 7.20. The van der Waals surface area contributed by atoms with Crippen molar-refractivity contribution in [2.24, 2.45) is 0 Å². The number of rotatable bonds is 10. The van der Waals surface area contributed by atoms with E-state index in [-0.39, 0.29) is 18.3 Å². The van der Waals surface area contributed by atoms with Crippen molar-refractivity contribution < 1.29 is 23.4 Å². The van der Waals surface area contributed by atoms with Crippen LogP contribution in [0.3, 0.4) is 0 Å². The fraction of sp³-hybridized carbons (Fsp3) is 0.310. The van der Waals surface area contributed by atoms with Crippen molar-refractivity contribution in [2.75, 3.05) is 19.7 Å². The second-order valence-corrected chi connectivity index (χ2v) is 10.7. The van der Waals surface area contributed by atoms with E-state index in [2.05, 4.69) is 20.5 Å². The molecule has 6 rings (SSSR count). The van der Waals surface area contributed by atoms with E-state index in [0.29, 0.717) is 29.5 Å². The number of nitriles is 1. The van der Waals surface area contributed by atoms with Crippen LogP contribution in [0.1, 0.15) is 35.5 Å². The summed E-state index contributed by atoms with van der Waals surface area (Å²) in [5.74, 6) is 0.915. The van der Waals surface area contributed by atoms with E-state index in [0.717, 1.165) is 66.5 Å². The maximum absolute atomic E-state index is 14.2. The van der Waals surface area contributed by atoms with Crippen LogP contribution in [0.2, 0.25) is 0 Å². The smallest absolute Gasteiger partial charge is 0.299 e. The van der Waals surface area contributed by atoms with Gasteiger partial charge < -0.3 is 18.8 Å². The fourth-order valence-electron chi connectivity index (χ4n) is 4.83. The Morgan fingerprint density at radius 1 is 1.25 bits per heavy atom. The highest BCUT2D eigenvalue weighted by atomic mass is 32.1. The second kappa shape index (κ2) is 11.6. The number of carbonyl (C=O) groups excluding carboxylic acids is 1. The van der Waals surface area contributed by atoms with Crippen molar-refractivity contribution in [3.63, 3.8) is 0 Å². The van der Waals surface area contributed by atoms with E-state index in [1.165, 1.54) is 17.4 Å². The minimum absolute atomic E-state index is 0.0274. The molecule has 1 atom stereocenters. The molecule has 0 saturated carbocycles. The Kier molecular flexibility index (Phi) is 7.55. The molecule has 2 aliphatic rings. The molecule has 0 N–H and O–H groups in total. The number of thiophene rings is 1. The molecular formula is C29H26FN5O4S. The van der Waals surface area contributed by atoms with Crippen molar-refractivity contribution in [1.29, 1.82) is 5.26 Å². The summed E-state index contributed by atoms with van der Waals surface area (Å²) in [5, 5.41) is 9.45. The molecule has 5 heterocycles. The predicted molar refractivity (Wildman–Crippen MR) is 146 cm³/mol. The van der Waals surface area contributed by atoms with Crippen LogP contribution in [-0.4, -0.2) is 51.7 Å². The van der Waals surface area contributed by atoms with Crippen LogP contribution in [0.25, 0.3) is 15.9 Å². The molecule has 3 aromatic heterocycles. The highest BCUT2D eigenvalue weighted by Gasteiger charge is 2.25. The van der Waals surface area contributed by atoms with Crippen LogP contribution >= 0.6 is 11.3 Å². The molecule has 11 heteroatoms. The second-order valence-electron chi connectivity index (χ2n) is 9.67. The first-order valence-electron chi connectivity index (χ1n) is 13.0. The van der Waals surface area contributed by atoms with Crippen molar-refractivity contribution in [3.8, 4) is 17.0 Å². The molecule has 1 fully saturated rings. The van der Waals surface area contributed by atoms with Gasteiger partial charge in [-0.1, -0.05) is 29.5 Å². The van der Waals surface area contributed by atoms with Gasteiger partial charge in [0.1, 0.15) is 28.6 Å². The van der Waals surface area contributed by atoms with E-state index in [4.69, 9.17) is 24.5 Å². The summed E-state index contributed by atoms with van der Waals surface area (Å²) >= 11 is 1.42. The van der Waals surface area contributed by atoms with Gasteiger partial charge in [-0.15, -0.1) is 0 Å². The molecule has 0 bridgehead atoms. The maximum atomic E-state index is 14.2. The Labute approximate surface area is 234 Å². The zero-order chi connectivity index (χ0) is 27.5. The zero-order valence-electron chi connectivity index (χ0n) is 21.6. The number of hydrogen-bond acceptors (Lipinski definition) is 9. The minimum Gasteiger partial charge on any atom is -0.473 e. The third-order valence-corrected chi connectivity index (χ3v) is 8.13. The Morgan fingerprint density at radius 3 is 2.88 bits per heavy atom. The Balaban J connectivity index is 1.12. The summed E-state index contributed by atoms with van der Waals surface area (Å²) < 4.78 is 32.9. The van der Waals surface area contributed by atoms with E-state index in [1.807, 2.05) is 18.2 Å². The average molecular weight is 560 g/mol. The van der Waals surface area contributed by atoms with Crippen molar-refractivity contribution in [3.05, 3.63) is 77.0 Å². The number of halogens is 1. The molecule has 9 nitrogen and oxygen atoms in total. The molecule has 0 aliphatic carbocycles. The van der Waals surface area contributed by atoms with Gasteiger partial charge in [-0.2, -0.15) is 5.26 Å². The number of carbonyl (C=O) groups is 1. The maximum Gasteiger partial charge on any atom is 0.299 e. The Bertz CT molecular complexity index is 1620. The summed E-state index contributed by atoms with van der Waals surface area (Å²) in [5.41, 5.74) is 3.44. The van der Waals surface area contributed by atoms with Crippen LogP contribution in [-0.2, 0) is 29.2 Å². The number of ether oxygens (including phenoxy) is 3. The summed E-state index contributed by atoms with van der Waals surface area (Å²) in [6.45, 7) is 4.26. The zero-order valence-corrected chi connectivity index (χ0v) is 22.4. The third-order valence-electron chi connectivity index (χ3n) is 7.09. The summed E-state index contributed by atoms with van der Waals surface area (Å²) in [6, 6.07) is 13.7. The summed E-state index contributed by atoms with van der Waals surface area (Å²) in [4.78, 5) is 23.6. The lowest BCUT2D eigenvalue weighted by molar-refractivity contribution is -0.120. The Morgan fingerprint density at radius 2 is 2.15 bits per heavy atom. The number of imidazole rings is 1. The number of benzene rings is 1. The van der Waals surface area contributed by atoms with Gasteiger partial charge in [0, 0.05) is 37.4 Å². The van der Waals surface area contributed by atoms with E-state index >= 15 is 0 Å². The highest BCUT2D eigenvalue weighted by Crippen LogP contribution is 2.34.